The van der Waals surface area contributed by atoms with Crippen molar-refractivity contribution in [2.45, 2.75) is 5.92 Å². The van der Waals surface area contributed by atoms with Crippen LogP contribution in [0.15, 0.2) is 131 Å². The predicted molar refractivity (Wildman–Crippen MR) is 185 cm³/mol. The summed E-state index contributed by atoms with van der Waals surface area (Å²) in [5.74, 6) is -7.49. The van der Waals surface area contributed by atoms with Gasteiger partial charge in [-0.1, -0.05) is 66.7 Å². The van der Waals surface area contributed by atoms with E-state index in [-0.39, 0.29) is 33.6 Å². The lowest BCUT2D eigenvalue weighted by atomic mass is 9.83. The molecular weight excluding hydrogens is 646 g/mol. The van der Waals surface area contributed by atoms with E-state index in [9.17, 15) is 39.4 Å². The summed E-state index contributed by atoms with van der Waals surface area (Å²) in [5.41, 5.74) is -2.31. The highest BCUT2D eigenvalue weighted by Crippen LogP contribution is 2.33. The summed E-state index contributed by atoms with van der Waals surface area (Å²) in [5, 5.41) is 32.6. The number of nitro benzene ring substituents is 2. The quantitative estimate of drug-likeness (QED) is 0.0838. The number of nitro groups is 2. The highest BCUT2D eigenvalue weighted by molar-refractivity contribution is 6.16. The van der Waals surface area contributed by atoms with E-state index in [0.29, 0.717) is 0 Å². The molecule has 0 aliphatic heterocycles. The zero-order valence-electron chi connectivity index (χ0n) is 25.8. The molecule has 0 fully saturated rings. The SMILES string of the molecule is O=C(Nc1ccccc1[N+](=O)[O-])C(C(=O)Nc1ccccc1[N+](=O)[O-])C(C(=O)Nc1ccc2ccccc2c1)c1coc2ccccc2c1=O. The molecule has 3 N–H and O–H groups in total. The number of rotatable bonds is 10. The molecule has 6 rings (SSSR count). The predicted octanol–water partition coefficient (Wildman–Crippen LogP) is 6.38. The van der Waals surface area contributed by atoms with E-state index < -0.39 is 56.2 Å². The van der Waals surface area contributed by atoms with Crippen LogP contribution in [0.5, 0.6) is 0 Å². The van der Waals surface area contributed by atoms with E-state index in [4.69, 9.17) is 4.42 Å². The van der Waals surface area contributed by atoms with Crippen molar-refractivity contribution in [3.05, 3.63) is 158 Å². The van der Waals surface area contributed by atoms with Gasteiger partial charge in [-0.15, -0.1) is 0 Å². The molecule has 14 nitrogen and oxygen atoms in total. The molecule has 0 aliphatic rings. The first-order chi connectivity index (χ1) is 24.1. The highest BCUT2D eigenvalue weighted by Gasteiger charge is 2.43. The molecule has 0 saturated carbocycles. The Hall–Kier alpha value is -7.22. The van der Waals surface area contributed by atoms with Gasteiger partial charge in [-0.05, 0) is 47.2 Å². The van der Waals surface area contributed by atoms with Crippen LogP contribution in [0, 0.1) is 26.1 Å². The zero-order chi connectivity index (χ0) is 35.4. The van der Waals surface area contributed by atoms with Crippen molar-refractivity contribution in [1.29, 1.82) is 0 Å². The van der Waals surface area contributed by atoms with Gasteiger partial charge in [-0.3, -0.25) is 39.4 Å². The third-order valence-corrected chi connectivity index (χ3v) is 7.96. The van der Waals surface area contributed by atoms with Crippen LogP contribution in [0.2, 0.25) is 0 Å². The zero-order valence-corrected chi connectivity index (χ0v) is 25.8. The van der Waals surface area contributed by atoms with Gasteiger partial charge >= 0.3 is 0 Å². The van der Waals surface area contributed by atoms with Crippen LogP contribution in [0.1, 0.15) is 11.5 Å². The first kappa shape index (κ1) is 32.7. The van der Waals surface area contributed by atoms with Gasteiger partial charge in [0.25, 0.3) is 11.4 Å². The molecule has 0 bridgehead atoms. The fraction of sp³-hybridized carbons (Fsp3) is 0.0556. The molecule has 5 aromatic carbocycles. The van der Waals surface area contributed by atoms with Crippen LogP contribution in [0.25, 0.3) is 21.7 Å². The summed E-state index contributed by atoms with van der Waals surface area (Å²) in [4.78, 5) is 78.8. The van der Waals surface area contributed by atoms with Crippen LogP contribution in [-0.2, 0) is 14.4 Å². The van der Waals surface area contributed by atoms with Crippen LogP contribution in [-0.4, -0.2) is 27.6 Å². The summed E-state index contributed by atoms with van der Waals surface area (Å²) in [6.07, 6.45) is 0.971. The van der Waals surface area contributed by atoms with Gasteiger partial charge in [-0.25, -0.2) is 0 Å². The second kappa shape index (κ2) is 13.9. The minimum absolute atomic E-state index is 0.0467. The van der Waals surface area contributed by atoms with Crippen LogP contribution >= 0.6 is 0 Å². The molecule has 50 heavy (non-hydrogen) atoms. The molecule has 0 aliphatic carbocycles. The lowest BCUT2D eigenvalue weighted by Crippen LogP contribution is -2.44. The van der Waals surface area contributed by atoms with E-state index in [1.807, 2.05) is 18.2 Å². The molecule has 1 unspecified atom stereocenters. The van der Waals surface area contributed by atoms with Gasteiger partial charge < -0.3 is 20.4 Å². The topological polar surface area (TPSA) is 204 Å². The van der Waals surface area contributed by atoms with Crippen LogP contribution < -0.4 is 21.4 Å². The van der Waals surface area contributed by atoms with Crippen molar-refractivity contribution >= 4 is 67.9 Å². The molecule has 6 aromatic rings. The molecule has 1 atom stereocenters. The number of nitrogens with one attached hydrogen (secondary N) is 3. The van der Waals surface area contributed by atoms with Gasteiger partial charge in [-0.2, -0.15) is 0 Å². The van der Waals surface area contributed by atoms with Crippen molar-refractivity contribution < 1.29 is 28.6 Å². The molecule has 3 amide bonds. The molecule has 0 saturated heterocycles. The standard InChI is InChI=1S/C36H25N5O9/c42-33-24-11-3-8-16-30(24)50-20-25(33)31(34(43)37-23-18-17-21-9-1-2-10-22(21)19-23)32(35(44)38-26-12-4-6-14-28(26)40(46)47)36(45)39-27-13-5-7-15-29(27)41(48)49/h1-20,31-32H,(H,37,43)(H,38,44)(H,39,45). The number of hydrogen-bond acceptors (Lipinski definition) is 9. The summed E-state index contributed by atoms with van der Waals surface area (Å²) in [6, 6.07) is 28.7. The maximum absolute atomic E-state index is 14.4. The Kier molecular flexibility index (Phi) is 9.07. The normalized spacial score (nSPS) is 11.5. The summed E-state index contributed by atoms with van der Waals surface area (Å²) in [6.45, 7) is 0. The number of fused-ring (bicyclic) bond motifs is 2. The van der Waals surface area contributed by atoms with Crippen molar-refractivity contribution in [1.82, 2.24) is 0 Å². The van der Waals surface area contributed by atoms with Crippen molar-refractivity contribution in [3.8, 4) is 0 Å². The fourth-order valence-electron chi connectivity index (χ4n) is 5.59. The van der Waals surface area contributed by atoms with Crippen molar-refractivity contribution in [2.24, 2.45) is 5.92 Å². The van der Waals surface area contributed by atoms with Crippen LogP contribution in [0.4, 0.5) is 28.4 Å². The number of nitrogens with zero attached hydrogens (tertiary/aromatic N) is 2. The van der Waals surface area contributed by atoms with E-state index in [1.54, 1.807) is 36.4 Å². The molecule has 0 radical (unpaired) electrons. The third kappa shape index (κ3) is 6.61. The smallest absolute Gasteiger partial charge is 0.292 e. The van der Waals surface area contributed by atoms with Gasteiger partial charge in [0.1, 0.15) is 22.9 Å². The van der Waals surface area contributed by atoms with Gasteiger partial charge in [0, 0.05) is 23.4 Å². The first-order valence-electron chi connectivity index (χ1n) is 15.0. The number of hydrogen-bond donors (Lipinski definition) is 3. The summed E-state index contributed by atoms with van der Waals surface area (Å²) < 4.78 is 5.69. The maximum atomic E-state index is 14.4. The number of carbonyl (C=O) groups excluding carboxylic acids is 3. The van der Waals surface area contributed by atoms with Gasteiger partial charge in [0.15, 0.2) is 5.43 Å². The molecule has 14 heteroatoms. The van der Waals surface area contributed by atoms with E-state index in [2.05, 4.69) is 16.0 Å². The average molecular weight is 672 g/mol. The Bertz CT molecular complexity index is 2320. The largest absolute Gasteiger partial charge is 0.464 e. The Balaban J connectivity index is 1.51. The number of para-hydroxylation sites is 5. The minimum atomic E-state index is -2.14. The highest BCUT2D eigenvalue weighted by atomic mass is 16.6. The monoisotopic (exact) mass is 671 g/mol. The van der Waals surface area contributed by atoms with Gasteiger partial charge in [0.05, 0.1) is 27.4 Å². The second-order valence-electron chi connectivity index (χ2n) is 11.0. The Morgan fingerprint density at radius 1 is 0.620 bits per heavy atom. The molecule has 0 spiro atoms. The Morgan fingerprint density at radius 2 is 1.16 bits per heavy atom. The molecular formula is C36H25N5O9. The number of anilines is 3. The molecule has 248 valence electrons. The third-order valence-electron chi connectivity index (χ3n) is 7.96. The lowest BCUT2D eigenvalue weighted by Gasteiger charge is -2.25. The van der Waals surface area contributed by atoms with E-state index >= 15 is 0 Å². The van der Waals surface area contributed by atoms with Crippen LogP contribution in [0.3, 0.4) is 0 Å². The summed E-state index contributed by atoms with van der Waals surface area (Å²) >= 11 is 0. The maximum Gasteiger partial charge on any atom is 0.292 e. The molecule has 1 heterocycles. The number of benzene rings is 5. The number of amides is 3. The van der Waals surface area contributed by atoms with E-state index in [1.165, 1.54) is 48.5 Å². The average Bonchev–Trinajstić information content (AvgIpc) is 3.11. The van der Waals surface area contributed by atoms with Crippen molar-refractivity contribution in [2.75, 3.05) is 16.0 Å². The second-order valence-corrected chi connectivity index (χ2v) is 11.0. The lowest BCUT2D eigenvalue weighted by molar-refractivity contribution is -0.384. The fourth-order valence-corrected chi connectivity index (χ4v) is 5.59. The molecule has 1 aromatic heterocycles. The number of carbonyl (C=O) groups is 3. The first-order valence-corrected chi connectivity index (χ1v) is 15.0. The van der Waals surface area contributed by atoms with Crippen molar-refractivity contribution in [3.63, 3.8) is 0 Å². The van der Waals surface area contributed by atoms with E-state index in [0.717, 1.165) is 29.2 Å². The van der Waals surface area contributed by atoms with Gasteiger partial charge in [0.2, 0.25) is 17.7 Å². The Morgan fingerprint density at radius 3 is 1.78 bits per heavy atom. The minimum Gasteiger partial charge on any atom is -0.464 e. The summed E-state index contributed by atoms with van der Waals surface area (Å²) in [7, 11) is 0. The Labute approximate surface area is 281 Å².